The molecule has 2 heterocycles. The largest absolute Gasteiger partial charge is 0.360 e. The van der Waals surface area contributed by atoms with Crippen molar-refractivity contribution in [2.75, 3.05) is 19.6 Å². The smallest absolute Gasteiger partial charge is 0.251 e. The Morgan fingerprint density at radius 1 is 1.21 bits per heavy atom. The number of ether oxygens (including phenoxy) is 1. The molecule has 1 amide bonds. The molecular formula is C19H25FN2O2. The highest BCUT2D eigenvalue weighted by molar-refractivity contribution is 5.82. The predicted molar refractivity (Wildman–Crippen MR) is 88.9 cm³/mol. The number of carbonyl (C=O) groups is 1. The molecule has 1 aromatic rings. The molecule has 0 radical (unpaired) electrons. The summed E-state index contributed by atoms with van der Waals surface area (Å²) < 4.78 is 19.2. The van der Waals surface area contributed by atoms with E-state index in [1.165, 1.54) is 12.1 Å². The average molecular weight is 332 g/mol. The summed E-state index contributed by atoms with van der Waals surface area (Å²) in [6.07, 6.45) is 3.88. The molecule has 0 aromatic heterocycles. The van der Waals surface area contributed by atoms with Crippen molar-refractivity contribution in [3.63, 3.8) is 0 Å². The van der Waals surface area contributed by atoms with E-state index in [2.05, 4.69) is 9.80 Å². The molecule has 0 N–H and O–H groups in total. The normalized spacial score (nSPS) is 27.7. The SMILES string of the molecule is CC1OC2(CCN(Cc3ccc(F)cc3)CC2)CN(C2CC2)C1=O. The topological polar surface area (TPSA) is 32.8 Å². The average Bonchev–Trinajstić information content (AvgIpc) is 3.40. The van der Waals surface area contributed by atoms with E-state index in [1.54, 1.807) is 0 Å². The third-order valence-corrected chi connectivity index (χ3v) is 5.59. The lowest BCUT2D eigenvalue weighted by Gasteiger charge is -2.49. The van der Waals surface area contributed by atoms with Crippen LogP contribution in [-0.2, 0) is 16.1 Å². The number of amides is 1. The Kier molecular flexibility index (Phi) is 4.09. The number of carbonyl (C=O) groups excluding carboxylic acids is 1. The fourth-order valence-corrected chi connectivity index (χ4v) is 4.02. The molecule has 0 bridgehead atoms. The van der Waals surface area contributed by atoms with Crippen molar-refractivity contribution in [2.24, 2.45) is 0 Å². The van der Waals surface area contributed by atoms with E-state index in [0.29, 0.717) is 6.04 Å². The zero-order valence-corrected chi connectivity index (χ0v) is 14.2. The minimum atomic E-state index is -0.317. The molecule has 4 nitrogen and oxygen atoms in total. The van der Waals surface area contributed by atoms with Gasteiger partial charge in [0.15, 0.2) is 0 Å². The second kappa shape index (κ2) is 6.12. The number of piperidine rings is 1. The van der Waals surface area contributed by atoms with Crippen LogP contribution in [0.5, 0.6) is 0 Å². The molecule has 130 valence electrons. The minimum Gasteiger partial charge on any atom is -0.360 e. The highest BCUT2D eigenvalue weighted by Crippen LogP contribution is 2.38. The summed E-state index contributed by atoms with van der Waals surface area (Å²) in [4.78, 5) is 16.8. The number of morpholine rings is 1. The van der Waals surface area contributed by atoms with E-state index >= 15 is 0 Å². The Balaban J connectivity index is 1.38. The first-order valence-corrected chi connectivity index (χ1v) is 9.00. The summed E-state index contributed by atoms with van der Waals surface area (Å²) >= 11 is 0. The molecule has 2 aliphatic heterocycles. The summed E-state index contributed by atoms with van der Waals surface area (Å²) in [6, 6.07) is 7.20. The molecule has 2 saturated heterocycles. The van der Waals surface area contributed by atoms with Crippen molar-refractivity contribution in [3.05, 3.63) is 35.6 Å². The maximum Gasteiger partial charge on any atom is 0.251 e. The van der Waals surface area contributed by atoms with E-state index in [0.717, 1.165) is 57.4 Å². The molecule has 3 aliphatic rings. The van der Waals surface area contributed by atoms with Crippen molar-refractivity contribution in [2.45, 2.75) is 56.9 Å². The van der Waals surface area contributed by atoms with Crippen molar-refractivity contribution in [1.29, 1.82) is 0 Å². The first-order chi connectivity index (χ1) is 11.5. The Labute approximate surface area is 142 Å². The van der Waals surface area contributed by atoms with Gasteiger partial charge in [0.2, 0.25) is 0 Å². The number of hydrogen-bond acceptors (Lipinski definition) is 3. The minimum absolute atomic E-state index is 0.164. The van der Waals surface area contributed by atoms with Gasteiger partial charge in [0, 0.05) is 25.7 Å². The van der Waals surface area contributed by atoms with Crippen molar-refractivity contribution >= 4 is 5.91 Å². The van der Waals surface area contributed by atoms with Gasteiger partial charge in [-0.15, -0.1) is 0 Å². The molecule has 4 rings (SSSR count). The van der Waals surface area contributed by atoms with Gasteiger partial charge in [0.05, 0.1) is 12.1 Å². The van der Waals surface area contributed by atoms with E-state index in [9.17, 15) is 9.18 Å². The van der Waals surface area contributed by atoms with Gasteiger partial charge in [-0.05, 0) is 50.3 Å². The van der Waals surface area contributed by atoms with Crippen LogP contribution in [0.25, 0.3) is 0 Å². The molecule has 1 saturated carbocycles. The highest BCUT2D eigenvalue weighted by atomic mass is 19.1. The zero-order valence-electron chi connectivity index (χ0n) is 14.2. The lowest BCUT2D eigenvalue weighted by molar-refractivity contribution is -0.191. The number of rotatable bonds is 3. The Morgan fingerprint density at radius 2 is 1.88 bits per heavy atom. The zero-order chi connectivity index (χ0) is 16.7. The van der Waals surface area contributed by atoms with Gasteiger partial charge < -0.3 is 9.64 Å². The third-order valence-electron chi connectivity index (χ3n) is 5.59. The van der Waals surface area contributed by atoms with Gasteiger partial charge in [0.1, 0.15) is 11.9 Å². The molecule has 1 unspecified atom stereocenters. The van der Waals surface area contributed by atoms with Crippen LogP contribution in [0.3, 0.4) is 0 Å². The molecule has 5 heteroatoms. The first kappa shape index (κ1) is 16.0. The third kappa shape index (κ3) is 3.20. The van der Waals surface area contributed by atoms with Crippen LogP contribution >= 0.6 is 0 Å². The molecular weight excluding hydrogens is 307 g/mol. The maximum atomic E-state index is 13.0. The Hall–Kier alpha value is -1.46. The summed E-state index contributed by atoms with van der Waals surface area (Å²) in [5.74, 6) is -0.0253. The van der Waals surface area contributed by atoms with Gasteiger partial charge in [0.25, 0.3) is 5.91 Å². The van der Waals surface area contributed by atoms with Crippen LogP contribution in [0.2, 0.25) is 0 Å². The van der Waals surface area contributed by atoms with Crippen LogP contribution < -0.4 is 0 Å². The van der Waals surface area contributed by atoms with Gasteiger partial charge >= 0.3 is 0 Å². The number of nitrogens with zero attached hydrogens (tertiary/aromatic N) is 2. The molecule has 24 heavy (non-hydrogen) atoms. The predicted octanol–water partition coefficient (Wildman–Crippen LogP) is 2.57. The van der Waals surface area contributed by atoms with Gasteiger partial charge in [-0.1, -0.05) is 12.1 Å². The Morgan fingerprint density at radius 3 is 2.50 bits per heavy atom. The Bertz CT molecular complexity index is 606. The summed E-state index contributed by atoms with van der Waals surface area (Å²) in [5, 5.41) is 0. The second-order valence-corrected chi connectivity index (χ2v) is 7.54. The van der Waals surface area contributed by atoms with Gasteiger partial charge in [-0.25, -0.2) is 4.39 Å². The summed E-state index contributed by atoms with van der Waals surface area (Å²) in [6.45, 7) is 5.40. The van der Waals surface area contributed by atoms with Crippen LogP contribution in [-0.4, -0.2) is 53.1 Å². The highest BCUT2D eigenvalue weighted by Gasteiger charge is 2.48. The lowest BCUT2D eigenvalue weighted by atomic mass is 9.88. The van der Waals surface area contributed by atoms with Gasteiger partial charge in [-0.3, -0.25) is 9.69 Å². The summed E-state index contributed by atoms with van der Waals surface area (Å²) in [5.41, 5.74) is 0.968. The van der Waals surface area contributed by atoms with Crippen LogP contribution in [0, 0.1) is 5.82 Å². The van der Waals surface area contributed by atoms with E-state index < -0.39 is 0 Å². The molecule has 3 fully saturated rings. The standard InChI is InChI=1S/C19H25FN2O2/c1-14-18(23)22(17-6-7-17)13-19(24-14)8-10-21(11-9-19)12-15-2-4-16(20)5-3-15/h2-5,14,17H,6-13H2,1H3. The van der Waals surface area contributed by atoms with Crippen LogP contribution in [0.1, 0.15) is 38.2 Å². The quantitative estimate of drug-likeness (QED) is 0.853. The monoisotopic (exact) mass is 332 g/mol. The molecule has 1 aliphatic carbocycles. The summed E-state index contributed by atoms with van der Waals surface area (Å²) in [7, 11) is 0. The van der Waals surface area contributed by atoms with Crippen LogP contribution in [0.15, 0.2) is 24.3 Å². The van der Waals surface area contributed by atoms with Crippen LogP contribution in [0.4, 0.5) is 4.39 Å². The fraction of sp³-hybridized carbons (Fsp3) is 0.632. The second-order valence-electron chi connectivity index (χ2n) is 7.54. The number of likely N-dealkylation sites (tertiary alicyclic amines) is 1. The maximum absolute atomic E-state index is 13.0. The van der Waals surface area contributed by atoms with Crippen molar-refractivity contribution in [3.8, 4) is 0 Å². The molecule has 1 atom stereocenters. The number of benzene rings is 1. The molecule has 1 aromatic carbocycles. The first-order valence-electron chi connectivity index (χ1n) is 9.00. The number of halogens is 1. The van der Waals surface area contributed by atoms with E-state index in [-0.39, 0.29) is 23.4 Å². The van der Waals surface area contributed by atoms with Crippen molar-refractivity contribution in [1.82, 2.24) is 9.80 Å². The fourth-order valence-electron chi connectivity index (χ4n) is 4.02. The lowest BCUT2D eigenvalue weighted by Crippen LogP contribution is -2.61. The molecule has 1 spiro atoms. The van der Waals surface area contributed by atoms with Crippen molar-refractivity contribution < 1.29 is 13.9 Å². The number of hydrogen-bond donors (Lipinski definition) is 0. The van der Waals surface area contributed by atoms with E-state index in [4.69, 9.17) is 4.74 Å². The van der Waals surface area contributed by atoms with E-state index in [1.807, 2.05) is 19.1 Å². The van der Waals surface area contributed by atoms with Gasteiger partial charge in [-0.2, -0.15) is 0 Å².